The Morgan fingerprint density at radius 3 is 2.39 bits per heavy atom. The number of likely N-dealkylation sites (N-methyl/N-ethyl adjacent to an activating group) is 1. The lowest BCUT2D eigenvalue weighted by molar-refractivity contribution is 0.149. The van der Waals surface area contributed by atoms with Gasteiger partial charge in [-0.1, -0.05) is 24.8 Å². The summed E-state index contributed by atoms with van der Waals surface area (Å²) in [6.07, 6.45) is 0. The van der Waals surface area contributed by atoms with E-state index in [1.807, 2.05) is 25.1 Å². The van der Waals surface area contributed by atoms with Crippen molar-refractivity contribution in [2.24, 2.45) is 0 Å². The molecule has 2 rings (SSSR count). The number of halogens is 1. The Morgan fingerprint density at radius 1 is 1.04 bits per heavy atom. The van der Waals surface area contributed by atoms with Crippen LogP contribution in [0.3, 0.4) is 0 Å². The fourth-order valence-corrected chi connectivity index (χ4v) is 2.49. The molecule has 4 nitrogen and oxygen atoms in total. The largest absolute Gasteiger partial charge is 0.493 e. The molecule has 1 aromatic carbocycles. The van der Waals surface area contributed by atoms with Gasteiger partial charge in [-0.3, -0.25) is 4.90 Å². The van der Waals surface area contributed by atoms with Gasteiger partial charge in [0.1, 0.15) is 6.61 Å². The summed E-state index contributed by atoms with van der Waals surface area (Å²) in [4.78, 5) is 4.86. The minimum atomic E-state index is 0. The molecule has 1 aliphatic rings. The van der Waals surface area contributed by atoms with Crippen LogP contribution in [-0.4, -0.2) is 62.8 Å². The molecule has 0 unspecified atom stereocenters. The highest BCUT2D eigenvalue weighted by Crippen LogP contribution is 2.27. The normalized spacial score (nSPS) is 15.3. The van der Waals surface area contributed by atoms with Crippen molar-refractivity contribution in [3.63, 3.8) is 0 Å². The van der Waals surface area contributed by atoms with Crippen molar-refractivity contribution in [3.05, 3.63) is 23.8 Å². The van der Waals surface area contributed by atoms with Crippen LogP contribution in [0.4, 0.5) is 0 Å². The van der Waals surface area contributed by atoms with Crippen molar-refractivity contribution in [2.45, 2.75) is 13.8 Å². The molecule has 0 amide bonds. The number of aryl methyl sites for hydroxylation is 1. The molecule has 0 N–H and O–H groups in total. The van der Waals surface area contributed by atoms with Gasteiger partial charge in [0.25, 0.3) is 0 Å². The summed E-state index contributed by atoms with van der Waals surface area (Å²) in [6.45, 7) is 11.1. The summed E-state index contributed by atoms with van der Waals surface area (Å²) in [5.74, 6) is 7.80. The molecule has 23 heavy (non-hydrogen) atoms. The first-order valence-electron chi connectivity index (χ1n) is 7.90. The third kappa shape index (κ3) is 6.31. The van der Waals surface area contributed by atoms with Gasteiger partial charge in [-0.2, -0.15) is 0 Å². The van der Waals surface area contributed by atoms with Gasteiger partial charge in [-0.25, -0.2) is 0 Å². The highest BCUT2D eigenvalue weighted by atomic mass is 35.5. The van der Waals surface area contributed by atoms with Crippen LogP contribution >= 0.6 is 12.4 Å². The lowest BCUT2D eigenvalue weighted by Gasteiger charge is -2.32. The summed E-state index contributed by atoms with van der Waals surface area (Å²) in [7, 11) is 1.66. The van der Waals surface area contributed by atoms with Gasteiger partial charge in [0.05, 0.1) is 13.7 Å². The van der Waals surface area contributed by atoms with Gasteiger partial charge < -0.3 is 14.4 Å². The molecule has 0 aromatic heterocycles. The third-order valence-electron chi connectivity index (χ3n) is 3.96. The standard InChI is InChI=1S/C18H26N2O2.ClH/c1-4-19-10-12-20(13-11-19)9-5-6-14-22-17-8-7-16(2)15-18(17)21-3;/h7-8,15H,4,9-14H2,1-3H3;1H. The van der Waals surface area contributed by atoms with Crippen LogP contribution in [0.15, 0.2) is 18.2 Å². The third-order valence-corrected chi connectivity index (χ3v) is 3.96. The summed E-state index contributed by atoms with van der Waals surface area (Å²) in [6, 6.07) is 5.91. The van der Waals surface area contributed by atoms with Gasteiger partial charge in [0.15, 0.2) is 11.5 Å². The van der Waals surface area contributed by atoms with E-state index in [-0.39, 0.29) is 12.4 Å². The Morgan fingerprint density at radius 2 is 1.74 bits per heavy atom. The number of nitrogens with zero attached hydrogens (tertiary/aromatic N) is 2. The lowest BCUT2D eigenvalue weighted by atomic mass is 10.2. The van der Waals surface area contributed by atoms with Gasteiger partial charge in [0, 0.05) is 26.2 Å². The topological polar surface area (TPSA) is 24.9 Å². The van der Waals surface area contributed by atoms with Crippen molar-refractivity contribution in [1.82, 2.24) is 9.80 Å². The van der Waals surface area contributed by atoms with Crippen LogP contribution in [0.5, 0.6) is 11.5 Å². The maximum atomic E-state index is 5.68. The van der Waals surface area contributed by atoms with E-state index in [2.05, 4.69) is 28.6 Å². The molecule has 128 valence electrons. The number of piperazine rings is 1. The molecule has 1 heterocycles. The molecule has 5 heteroatoms. The zero-order chi connectivity index (χ0) is 15.8. The first-order valence-corrected chi connectivity index (χ1v) is 7.90. The van der Waals surface area contributed by atoms with Crippen molar-refractivity contribution in [3.8, 4) is 23.3 Å². The molecule has 0 saturated carbocycles. The second kappa shape index (κ2) is 10.4. The number of hydrogen-bond donors (Lipinski definition) is 0. The molecule has 0 spiro atoms. The Hall–Kier alpha value is -1.41. The Balaban J connectivity index is 0.00000264. The fraction of sp³-hybridized carbons (Fsp3) is 0.556. The Labute approximate surface area is 146 Å². The molecule has 0 bridgehead atoms. The number of benzene rings is 1. The van der Waals surface area contributed by atoms with Crippen LogP contribution in [0.25, 0.3) is 0 Å². The Kier molecular flexibility index (Phi) is 8.86. The van der Waals surface area contributed by atoms with Crippen LogP contribution in [-0.2, 0) is 0 Å². The smallest absolute Gasteiger partial charge is 0.162 e. The van der Waals surface area contributed by atoms with Gasteiger partial charge in [-0.05, 0) is 31.2 Å². The lowest BCUT2D eigenvalue weighted by Crippen LogP contribution is -2.46. The molecule has 0 aliphatic carbocycles. The van der Waals surface area contributed by atoms with Crippen LogP contribution in [0, 0.1) is 18.8 Å². The zero-order valence-electron chi connectivity index (χ0n) is 14.3. The van der Waals surface area contributed by atoms with Crippen LogP contribution in [0.1, 0.15) is 12.5 Å². The molecule has 1 aliphatic heterocycles. The highest BCUT2D eigenvalue weighted by molar-refractivity contribution is 5.85. The van der Waals surface area contributed by atoms with Crippen molar-refractivity contribution < 1.29 is 9.47 Å². The second-order valence-electron chi connectivity index (χ2n) is 5.51. The zero-order valence-corrected chi connectivity index (χ0v) is 15.1. The van der Waals surface area contributed by atoms with E-state index in [1.54, 1.807) is 7.11 Å². The molecule has 0 atom stereocenters. The van der Waals surface area contributed by atoms with E-state index >= 15 is 0 Å². The SMILES string of the molecule is CCN1CCN(CC#CCOc2ccc(C)cc2OC)CC1.Cl. The van der Waals surface area contributed by atoms with Gasteiger partial charge in [-0.15, -0.1) is 12.4 Å². The molecule has 1 saturated heterocycles. The van der Waals surface area contributed by atoms with E-state index in [4.69, 9.17) is 9.47 Å². The number of ether oxygens (including phenoxy) is 2. The van der Waals surface area contributed by atoms with Crippen LogP contribution < -0.4 is 9.47 Å². The maximum Gasteiger partial charge on any atom is 0.162 e. The van der Waals surface area contributed by atoms with Crippen molar-refractivity contribution >= 4 is 12.4 Å². The molecule has 0 radical (unpaired) electrons. The molecular formula is C18H27ClN2O2. The number of methoxy groups -OCH3 is 1. The minimum absolute atomic E-state index is 0. The number of rotatable bonds is 5. The molecule has 1 aromatic rings. The van der Waals surface area contributed by atoms with E-state index in [0.717, 1.165) is 56.3 Å². The van der Waals surface area contributed by atoms with E-state index in [1.165, 1.54) is 0 Å². The van der Waals surface area contributed by atoms with Crippen molar-refractivity contribution in [2.75, 3.05) is 53.0 Å². The quantitative estimate of drug-likeness (QED) is 0.770. The van der Waals surface area contributed by atoms with E-state index < -0.39 is 0 Å². The van der Waals surface area contributed by atoms with Gasteiger partial charge in [0.2, 0.25) is 0 Å². The average Bonchev–Trinajstić information content (AvgIpc) is 2.56. The second-order valence-corrected chi connectivity index (χ2v) is 5.51. The Bertz CT molecular complexity index is 532. The van der Waals surface area contributed by atoms with Crippen LogP contribution in [0.2, 0.25) is 0 Å². The summed E-state index contributed by atoms with van der Waals surface area (Å²) in [5, 5.41) is 0. The highest BCUT2D eigenvalue weighted by Gasteiger charge is 2.13. The summed E-state index contributed by atoms with van der Waals surface area (Å²) >= 11 is 0. The first-order chi connectivity index (χ1) is 10.7. The monoisotopic (exact) mass is 338 g/mol. The summed E-state index contributed by atoms with van der Waals surface area (Å²) < 4.78 is 11.0. The molecule has 1 fully saturated rings. The number of hydrogen-bond acceptors (Lipinski definition) is 4. The average molecular weight is 339 g/mol. The predicted octanol–water partition coefficient (Wildman–Crippen LogP) is 2.45. The summed E-state index contributed by atoms with van der Waals surface area (Å²) in [5.41, 5.74) is 1.15. The predicted molar refractivity (Wildman–Crippen MR) is 96.8 cm³/mol. The first kappa shape index (κ1) is 19.6. The maximum absolute atomic E-state index is 5.68. The van der Waals surface area contributed by atoms with E-state index in [9.17, 15) is 0 Å². The van der Waals surface area contributed by atoms with E-state index in [0.29, 0.717) is 6.61 Å². The minimum Gasteiger partial charge on any atom is -0.493 e. The molecular weight excluding hydrogens is 312 g/mol. The fourth-order valence-electron chi connectivity index (χ4n) is 2.49. The van der Waals surface area contributed by atoms with Gasteiger partial charge >= 0.3 is 0 Å². The van der Waals surface area contributed by atoms with Crippen molar-refractivity contribution in [1.29, 1.82) is 0 Å².